The molecule has 4 atom stereocenters. The summed E-state index contributed by atoms with van der Waals surface area (Å²) in [6.07, 6.45) is 0.362. The van der Waals surface area contributed by atoms with E-state index in [1.54, 1.807) is 31.3 Å². The summed E-state index contributed by atoms with van der Waals surface area (Å²) in [5.74, 6) is -2.86. The van der Waals surface area contributed by atoms with E-state index in [9.17, 15) is 18.8 Å². The van der Waals surface area contributed by atoms with Crippen LogP contribution in [0.3, 0.4) is 0 Å². The van der Waals surface area contributed by atoms with Gasteiger partial charge in [-0.2, -0.15) is 0 Å². The van der Waals surface area contributed by atoms with Gasteiger partial charge in [0.1, 0.15) is 23.7 Å². The van der Waals surface area contributed by atoms with E-state index in [1.165, 1.54) is 17.0 Å². The van der Waals surface area contributed by atoms with Crippen molar-refractivity contribution in [3.63, 3.8) is 0 Å². The first-order chi connectivity index (χ1) is 12.4. The van der Waals surface area contributed by atoms with Gasteiger partial charge in [-0.05, 0) is 26.0 Å². The Bertz CT molecular complexity index is 736. The van der Waals surface area contributed by atoms with E-state index in [4.69, 9.17) is 4.74 Å². The van der Waals surface area contributed by atoms with Gasteiger partial charge in [0.15, 0.2) is 0 Å². The summed E-state index contributed by atoms with van der Waals surface area (Å²) >= 11 is 0. The lowest BCUT2D eigenvalue weighted by molar-refractivity contribution is -0.734. The molecule has 7 heteroatoms. The zero-order valence-corrected chi connectivity index (χ0v) is 15.2. The number of benzene rings is 1. The van der Waals surface area contributed by atoms with Crippen LogP contribution in [-0.2, 0) is 19.1 Å². The number of nitrogens with zero attached hydrogens (tertiary/aromatic N) is 1. The molecule has 26 heavy (non-hydrogen) atoms. The van der Waals surface area contributed by atoms with E-state index in [2.05, 4.69) is 0 Å². The Morgan fingerprint density at radius 2 is 1.85 bits per heavy atom. The van der Waals surface area contributed by atoms with Crippen LogP contribution >= 0.6 is 0 Å². The number of imide groups is 1. The van der Waals surface area contributed by atoms with Crippen molar-refractivity contribution in [2.75, 3.05) is 13.2 Å². The first-order valence-corrected chi connectivity index (χ1v) is 9.05. The van der Waals surface area contributed by atoms with E-state index >= 15 is 0 Å². The zero-order valence-electron chi connectivity index (χ0n) is 15.2. The topological polar surface area (TPSA) is 80.3 Å². The highest BCUT2D eigenvalue weighted by atomic mass is 19.1. The van der Waals surface area contributed by atoms with Crippen LogP contribution in [0.5, 0.6) is 0 Å². The average Bonchev–Trinajstić information content (AvgIpc) is 3.11. The number of fused-ring (bicyclic) bond motifs is 1. The molecule has 2 amide bonds. The standard InChI is InChI=1S/C19H23FN2O4/c1-4-19(18(25)26-6-3)14-13(16(23)22(5-2)17(14)24)15(21-19)11-7-9-12(20)10-8-11/h7-10,13-15,21H,4-6H2,1-3H3/p+1/t13-,14+,15-,19+/m0/s1. The Kier molecular flexibility index (Phi) is 4.84. The number of nitrogens with two attached hydrogens (primary N) is 1. The number of esters is 1. The molecule has 140 valence electrons. The third-order valence-electron chi connectivity index (χ3n) is 5.67. The van der Waals surface area contributed by atoms with Crippen molar-refractivity contribution >= 4 is 17.8 Å². The lowest BCUT2D eigenvalue weighted by Gasteiger charge is -2.28. The number of amides is 2. The van der Waals surface area contributed by atoms with Crippen LogP contribution in [0.25, 0.3) is 0 Å². The number of hydrogen-bond acceptors (Lipinski definition) is 4. The highest BCUT2D eigenvalue weighted by Crippen LogP contribution is 2.45. The molecular weight excluding hydrogens is 339 g/mol. The number of halogens is 1. The molecule has 0 aliphatic carbocycles. The molecule has 1 aromatic carbocycles. The summed E-state index contributed by atoms with van der Waals surface area (Å²) < 4.78 is 18.6. The van der Waals surface area contributed by atoms with E-state index in [1.807, 2.05) is 6.92 Å². The summed E-state index contributed by atoms with van der Waals surface area (Å²) in [6.45, 7) is 5.75. The van der Waals surface area contributed by atoms with Crippen molar-refractivity contribution in [2.24, 2.45) is 11.8 Å². The third-order valence-corrected chi connectivity index (χ3v) is 5.67. The van der Waals surface area contributed by atoms with Crippen molar-refractivity contribution < 1.29 is 28.8 Å². The molecule has 6 nitrogen and oxygen atoms in total. The summed E-state index contributed by atoms with van der Waals surface area (Å²) in [6, 6.07) is 5.44. The second kappa shape index (κ2) is 6.79. The monoisotopic (exact) mass is 363 g/mol. The third kappa shape index (κ3) is 2.53. The normalized spacial score (nSPS) is 30.6. The van der Waals surface area contributed by atoms with Crippen molar-refractivity contribution in [3.8, 4) is 0 Å². The molecule has 1 aromatic rings. The van der Waals surface area contributed by atoms with Crippen LogP contribution in [0.2, 0.25) is 0 Å². The SMILES string of the molecule is CCOC(=O)[C@]1(CC)[NH2+][C@@H](c2ccc(F)cc2)[C@H]2C(=O)N(CC)C(=O)[C@@H]21. The first-order valence-electron chi connectivity index (χ1n) is 9.05. The summed E-state index contributed by atoms with van der Waals surface area (Å²) in [7, 11) is 0. The lowest BCUT2D eigenvalue weighted by Crippen LogP contribution is -2.98. The number of rotatable bonds is 5. The highest BCUT2D eigenvalue weighted by molar-refractivity contribution is 6.08. The second-order valence-electron chi connectivity index (χ2n) is 6.78. The molecule has 0 unspecified atom stereocenters. The van der Waals surface area contributed by atoms with Gasteiger partial charge < -0.3 is 10.1 Å². The fraction of sp³-hybridized carbons (Fsp3) is 0.526. The van der Waals surface area contributed by atoms with E-state index < -0.39 is 29.4 Å². The van der Waals surface area contributed by atoms with Gasteiger partial charge in [-0.1, -0.05) is 19.1 Å². The minimum Gasteiger partial charge on any atom is -0.461 e. The maximum atomic E-state index is 13.3. The average molecular weight is 363 g/mol. The van der Waals surface area contributed by atoms with Crippen LogP contribution < -0.4 is 5.32 Å². The molecular formula is C19H24FN2O4+. The molecule has 2 aliphatic rings. The van der Waals surface area contributed by atoms with Gasteiger partial charge in [0, 0.05) is 18.5 Å². The van der Waals surface area contributed by atoms with Crippen molar-refractivity contribution in [1.29, 1.82) is 0 Å². The fourth-order valence-electron chi connectivity index (χ4n) is 4.42. The number of likely N-dealkylation sites (tertiary alicyclic amines) is 1. The predicted octanol–water partition coefficient (Wildman–Crippen LogP) is 0.777. The molecule has 2 fully saturated rings. The molecule has 0 spiro atoms. The molecule has 2 saturated heterocycles. The summed E-state index contributed by atoms with van der Waals surface area (Å²) in [5.41, 5.74) is -0.420. The van der Waals surface area contributed by atoms with Crippen molar-refractivity contribution in [3.05, 3.63) is 35.6 Å². The lowest BCUT2D eigenvalue weighted by atomic mass is 9.78. The largest absolute Gasteiger partial charge is 0.461 e. The number of ether oxygens (including phenoxy) is 1. The van der Waals surface area contributed by atoms with Gasteiger partial charge in [-0.3, -0.25) is 14.5 Å². The smallest absolute Gasteiger partial charge is 0.368 e. The van der Waals surface area contributed by atoms with Crippen molar-refractivity contribution in [2.45, 2.75) is 38.8 Å². The minimum atomic E-state index is -1.14. The van der Waals surface area contributed by atoms with Gasteiger partial charge in [-0.15, -0.1) is 0 Å². The molecule has 0 bridgehead atoms. The number of quaternary nitrogens is 1. The van der Waals surface area contributed by atoms with E-state index in [0.717, 1.165) is 5.56 Å². The number of carbonyl (C=O) groups is 3. The number of carbonyl (C=O) groups excluding carboxylic acids is 3. The van der Waals surface area contributed by atoms with Crippen LogP contribution in [0.1, 0.15) is 38.8 Å². The summed E-state index contributed by atoms with van der Waals surface area (Å²) in [5, 5.41) is 1.79. The first kappa shape index (κ1) is 18.5. The van der Waals surface area contributed by atoms with Gasteiger partial charge in [0.25, 0.3) is 0 Å². The fourth-order valence-corrected chi connectivity index (χ4v) is 4.42. The Morgan fingerprint density at radius 3 is 2.38 bits per heavy atom. The van der Waals surface area contributed by atoms with Gasteiger partial charge in [0.2, 0.25) is 17.4 Å². The van der Waals surface area contributed by atoms with Crippen LogP contribution in [0.4, 0.5) is 4.39 Å². The van der Waals surface area contributed by atoms with Gasteiger partial charge >= 0.3 is 5.97 Å². The number of hydrogen-bond donors (Lipinski definition) is 1. The molecule has 0 saturated carbocycles. The molecule has 2 aliphatic heterocycles. The molecule has 3 rings (SSSR count). The Hall–Kier alpha value is -2.28. The maximum Gasteiger partial charge on any atom is 0.368 e. The molecule has 0 aromatic heterocycles. The van der Waals surface area contributed by atoms with Crippen LogP contribution in [-0.4, -0.2) is 41.4 Å². The van der Waals surface area contributed by atoms with Gasteiger partial charge in [-0.25, -0.2) is 9.18 Å². The zero-order chi connectivity index (χ0) is 19.1. The van der Waals surface area contributed by atoms with E-state index in [-0.39, 0.29) is 30.8 Å². The van der Waals surface area contributed by atoms with Crippen LogP contribution in [0, 0.1) is 17.7 Å². The van der Waals surface area contributed by atoms with Crippen LogP contribution in [0.15, 0.2) is 24.3 Å². The second-order valence-corrected chi connectivity index (χ2v) is 6.78. The Labute approximate surface area is 151 Å². The minimum absolute atomic E-state index is 0.201. The molecule has 2 heterocycles. The highest BCUT2D eigenvalue weighted by Gasteiger charge is 2.71. The molecule has 0 radical (unpaired) electrons. The Morgan fingerprint density at radius 1 is 1.19 bits per heavy atom. The quantitative estimate of drug-likeness (QED) is 0.619. The predicted molar refractivity (Wildman–Crippen MR) is 90.1 cm³/mol. The van der Waals surface area contributed by atoms with Crippen molar-refractivity contribution in [1.82, 2.24) is 4.90 Å². The maximum absolute atomic E-state index is 13.3. The van der Waals surface area contributed by atoms with E-state index in [0.29, 0.717) is 6.42 Å². The Balaban J connectivity index is 2.11. The van der Waals surface area contributed by atoms with Gasteiger partial charge in [0.05, 0.1) is 6.61 Å². The molecule has 2 N–H and O–H groups in total. The summed E-state index contributed by atoms with van der Waals surface area (Å²) in [4.78, 5) is 39.9.